The number of nitrogens with one attached hydrogen (secondary N) is 1. The Balaban J connectivity index is 1.47. The van der Waals surface area contributed by atoms with Gasteiger partial charge in [-0.1, -0.05) is 30.3 Å². The molecular weight excluding hydrogens is 492 g/mol. The lowest BCUT2D eigenvalue weighted by molar-refractivity contribution is 0.0953. The molecule has 5 rings (SSSR count). The fourth-order valence-electron chi connectivity index (χ4n) is 4.16. The first-order chi connectivity index (χ1) is 17.8. The van der Waals surface area contributed by atoms with Crippen LogP contribution in [0.15, 0.2) is 100.0 Å². The van der Waals surface area contributed by atoms with Gasteiger partial charge < -0.3 is 9.30 Å². The molecule has 9 nitrogen and oxygen atoms in total. The molecule has 0 bridgehead atoms. The smallest absolute Gasteiger partial charge is 0.276 e. The van der Waals surface area contributed by atoms with Crippen LogP contribution in [0.25, 0.3) is 21.8 Å². The third kappa shape index (κ3) is 4.27. The van der Waals surface area contributed by atoms with E-state index in [-0.39, 0.29) is 10.5 Å². The zero-order chi connectivity index (χ0) is 26.2. The standard InChI is InChI=1S/C27H22N4O5S/c1-30-17-23(26(32)22-8-4-5-9-24(22)30)27(33)29-28-15-18-16-31(25-10-6-3-7-21(18)25)37(34,35)20-13-11-19(36-2)12-14-20/h3-17H,1-2H3,(H,29,33). The number of hydrogen-bond acceptors (Lipinski definition) is 6. The van der Waals surface area contributed by atoms with Crippen molar-refractivity contribution >= 4 is 44.0 Å². The number of rotatable bonds is 6. The summed E-state index contributed by atoms with van der Waals surface area (Å²) in [7, 11) is -0.662. The number of fused-ring (bicyclic) bond motifs is 2. The lowest BCUT2D eigenvalue weighted by Gasteiger charge is -2.08. The minimum Gasteiger partial charge on any atom is -0.497 e. The highest BCUT2D eigenvalue weighted by Crippen LogP contribution is 2.26. The number of carbonyl (C=O) groups excluding carboxylic acids is 1. The number of carbonyl (C=O) groups is 1. The minimum atomic E-state index is -3.92. The lowest BCUT2D eigenvalue weighted by atomic mass is 10.1. The first kappa shape index (κ1) is 24.0. The van der Waals surface area contributed by atoms with Gasteiger partial charge in [0.1, 0.15) is 11.3 Å². The Hall–Kier alpha value is -4.70. The number of hydrazone groups is 1. The van der Waals surface area contributed by atoms with E-state index in [1.54, 1.807) is 66.2 Å². The summed E-state index contributed by atoms with van der Waals surface area (Å²) < 4.78 is 34.7. The first-order valence-electron chi connectivity index (χ1n) is 11.2. The molecule has 0 saturated heterocycles. The molecule has 186 valence electrons. The Kier molecular flexibility index (Phi) is 6.10. The van der Waals surface area contributed by atoms with E-state index in [0.29, 0.717) is 33.1 Å². The summed E-state index contributed by atoms with van der Waals surface area (Å²) in [5.74, 6) is -0.127. The summed E-state index contributed by atoms with van der Waals surface area (Å²) in [4.78, 5) is 25.7. The number of aromatic nitrogens is 2. The molecule has 5 aromatic rings. The third-order valence-electron chi connectivity index (χ3n) is 6.04. The van der Waals surface area contributed by atoms with Crippen molar-refractivity contribution in [2.24, 2.45) is 12.1 Å². The Bertz CT molecular complexity index is 1850. The van der Waals surface area contributed by atoms with Crippen molar-refractivity contribution < 1.29 is 17.9 Å². The molecule has 1 N–H and O–H groups in total. The van der Waals surface area contributed by atoms with Crippen LogP contribution in [0.5, 0.6) is 5.75 Å². The number of benzene rings is 3. The molecule has 0 unspecified atom stereocenters. The van der Waals surface area contributed by atoms with Gasteiger partial charge >= 0.3 is 0 Å². The van der Waals surface area contributed by atoms with Gasteiger partial charge in [0.05, 0.1) is 29.3 Å². The van der Waals surface area contributed by atoms with Crippen LogP contribution >= 0.6 is 0 Å². The first-order valence-corrected chi connectivity index (χ1v) is 12.7. The molecule has 10 heteroatoms. The van der Waals surface area contributed by atoms with Crippen molar-refractivity contribution in [3.8, 4) is 5.75 Å². The number of aryl methyl sites for hydroxylation is 1. The Labute approximate surface area is 212 Å². The molecule has 1 amide bonds. The Morgan fingerprint density at radius 3 is 2.27 bits per heavy atom. The Morgan fingerprint density at radius 1 is 0.919 bits per heavy atom. The van der Waals surface area contributed by atoms with Gasteiger partial charge in [-0.3, -0.25) is 9.59 Å². The van der Waals surface area contributed by atoms with Crippen molar-refractivity contribution in [3.63, 3.8) is 0 Å². The summed E-state index contributed by atoms with van der Waals surface area (Å²) in [5.41, 5.74) is 3.56. The van der Waals surface area contributed by atoms with Crippen molar-refractivity contribution in [3.05, 3.63) is 107 Å². The normalized spacial score (nSPS) is 11.8. The summed E-state index contributed by atoms with van der Waals surface area (Å²) in [6, 6.07) is 20.1. The van der Waals surface area contributed by atoms with Gasteiger partial charge in [-0.2, -0.15) is 5.10 Å². The van der Waals surface area contributed by atoms with Gasteiger partial charge in [0.15, 0.2) is 0 Å². The summed E-state index contributed by atoms with van der Waals surface area (Å²) in [5, 5.41) is 5.06. The number of pyridine rings is 1. The maximum absolute atomic E-state index is 13.4. The van der Waals surface area contributed by atoms with Crippen molar-refractivity contribution in [1.82, 2.24) is 14.0 Å². The molecule has 0 fully saturated rings. The second-order valence-corrected chi connectivity index (χ2v) is 10.1. The van der Waals surface area contributed by atoms with E-state index >= 15 is 0 Å². The van der Waals surface area contributed by atoms with Crippen LogP contribution in [0.3, 0.4) is 0 Å². The summed E-state index contributed by atoms with van der Waals surface area (Å²) >= 11 is 0. The van der Waals surface area contributed by atoms with Crippen molar-refractivity contribution in [2.45, 2.75) is 4.90 Å². The van der Waals surface area contributed by atoms with E-state index in [0.717, 1.165) is 0 Å². The molecule has 0 aliphatic rings. The van der Waals surface area contributed by atoms with Gasteiger partial charge in [0.2, 0.25) is 5.43 Å². The second-order valence-electron chi connectivity index (χ2n) is 8.28. The van der Waals surface area contributed by atoms with Gasteiger partial charge in [0.25, 0.3) is 15.9 Å². The zero-order valence-electron chi connectivity index (χ0n) is 20.0. The SMILES string of the molecule is COc1ccc(S(=O)(=O)n2cc(C=NNC(=O)c3cn(C)c4ccccc4c3=O)c3ccccc32)cc1. The topological polar surface area (TPSA) is 112 Å². The number of amides is 1. The lowest BCUT2D eigenvalue weighted by Crippen LogP contribution is -2.26. The van der Waals surface area contributed by atoms with Gasteiger partial charge in [-0.15, -0.1) is 0 Å². The predicted molar refractivity (Wildman–Crippen MR) is 142 cm³/mol. The number of hydrogen-bond donors (Lipinski definition) is 1. The van der Waals surface area contributed by atoms with E-state index < -0.39 is 21.4 Å². The fraction of sp³-hybridized carbons (Fsp3) is 0.0741. The van der Waals surface area contributed by atoms with E-state index in [2.05, 4.69) is 10.5 Å². The van der Waals surface area contributed by atoms with Gasteiger partial charge in [-0.05, 0) is 42.5 Å². The van der Waals surface area contributed by atoms with Crippen LogP contribution < -0.4 is 15.6 Å². The molecule has 0 atom stereocenters. The highest BCUT2D eigenvalue weighted by Gasteiger charge is 2.21. The minimum absolute atomic E-state index is 0.0529. The molecule has 3 aromatic carbocycles. The molecule has 0 radical (unpaired) electrons. The molecule has 0 aliphatic carbocycles. The van der Waals surface area contributed by atoms with Gasteiger partial charge in [-0.25, -0.2) is 17.8 Å². The summed E-state index contributed by atoms with van der Waals surface area (Å²) in [6.45, 7) is 0. The highest BCUT2D eigenvalue weighted by molar-refractivity contribution is 7.90. The van der Waals surface area contributed by atoms with Gasteiger partial charge in [0, 0.05) is 35.8 Å². The van der Waals surface area contributed by atoms with Crippen LogP contribution in [0, 0.1) is 0 Å². The van der Waals surface area contributed by atoms with Crippen molar-refractivity contribution in [2.75, 3.05) is 7.11 Å². The average Bonchev–Trinajstić information content (AvgIpc) is 3.30. The molecule has 0 saturated carbocycles. The van der Waals surface area contributed by atoms with E-state index in [1.807, 2.05) is 6.07 Å². The molecule has 37 heavy (non-hydrogen) atoms. The monoisotopic (exact) mass is 514 g/mol. The van der Waals surface area contributed by atoms with E-state index in [1.165, 1.54) is 41.8 Å². The number of para-hydroxylation sites is 2. The zero-order valence-corrected chi connectivity index (χ0v) is 20.8. The Morgan fingerprint density at radius 2 is 1.57 bits per heavy atom. The number of ether oxygens (including phenoxy) is 1. The molecule has 2 aromatic heterocycles. The quantitative estimate of drug-likeness (QED) is 0.275. The second kappa shape index (κ2) is 9.40. The van der Waals surface area contributed by atoms with Crippen LogP contribution in [-0.2, 0) is 17.1 Å². The molecule has 0 spiro atoms. The maximum Gasteiger partial charge on any atom is 0.276 e. The van der Waals surface area contributed by atoms with E-state index in [4.69, 9.17) is 4.74 Å². The highest BCUT2D eigenvalue weighted by atomic mass is 32.2. The predicted octanol–water partition coefficient (Wildman–Crippen LogP) is 3.50. The van der Waals surface area contributed by atoms with E-state index in [9.17, 15) is 18.0 Å². The fourth-order valence-corrected chi connectivity index (χ4v) is 5.54. The average molecular weight is 515 g/mol. The maximum atomic E-state index is 13.4. The van der Waals surface area contributed by atoms with Crippen LogP contribution in [0.1, 0.15) is 15.9 Å². The molecule has 0 aliphatic heterocycles. The van der Waals surface area contributed by atoms with Crippen LogP contribution in [0.4, 0.5) is 0 Å². The largest absolute Gasteiger partial charge is 0.497 e. The van der Waals surface area contributed by atoms with Crippen molar-refractivity contribution in [1.29, 1.82) is 0 Å². The molecule has 2 heterocycles. The summed E-state index contributed by atoms with van der Waals surface area (Å²) in [6.07, 6.45) is 4.25. The van der Waals surface area contributed by atoms with Crippen LogP contribution in [-0.4, -0.2) is 36.2 Å². The number of nitrogens with zero attached hydrogens (tertiary/aromatic N) is 3. The number of methoxy groups -OCH3 is 1. The third-order valence-corrected chi connectivity index (χ3v) is 7.72. The van der Waals surface area contributed by atoms with Crippen LogP contribution in [0.2, 0.25) is 0 Å². The molecular formula is C27H22N4O5S.